The third-order valence-corrected chi connectivity index (χ3v) is 4.94. The molecule has 2 aromatic carbocycles. The average molecular weight is 372 g/mol. The van der Waals surface area contributed by atoms with Crippen molar-refractivity contribution in [3.8, 4) is 5.75 Å². The van der Waals surface area contributed by atoms with Crippen molar-refractivity contribution < 1.29 is 18.3 Å². The summed E-state index contributed by atoms with van der Waals surface area (Å²) in [4.78, 5) is 0.0550. The number of hydrogen-bond donors (Lipinski definition) is 2. The van der Waals surface area contributed by atoms with E-state index in [0.29, 0.717) is 21.5 Å². The average Bonchev–Trinajstić information content (AvgIpc) is 2.47. The zero-order chi connectivity index (χ0) is 15.5. The molecule has 0 aliphatic rings. The van der Waals surface area contributed by atoms with Gasteiger partial charge >= 0.3 is 0 Å². The van der Waals surface area contributed by atoms with Gasteiger partial charge in [0.2, 0.25) is 0 Å². The van der Waals surface area contributed by atoms with Crippen LogP contribution in [-0.4, -0.2) is 20.6 Å². The van der Waals surface area contributed by atoms with Crippen LogP contribution in [0.15, 0.2) is 51.8 Å². The molecule has 0 atom stereocenters. The third kappa shape index (κ3) is 3.55. The monoisotopic (exact) mass is 371 g/mol. The first kappa shape index (κ1) is 15.8. The van der Waals surface area contributed by atoms with Crippen molar-refractivity contribution >= 4 is 31.6 Å². The molecule has 2 N–H and O–H groups in total. The minimum Gasteiger partial charge on any atom is -0.496 e. The summed E-state index contributed by atoms with van der Waals surface area (Å²) < 4.78 is 33.0. The van der Waals surface area contributed by atoms with Gasteiger partial charge in [-0.1, -0.05) is 18.2 Å². The Kier molecular flexibility index (Phi) is 4.87. The summed E-state index contributed by atoms with van der Waals surface area (Å²) in [7, 11) is -2.23. The van der Waals surface area contributed by atoms with Gasteiger partial charge in [-0.2, -0.15) is 0 Å². The highest BCUT2D eigenvalue weighted by Gasteiger charge is 2.18. The normalized spacial score (nSPS) is 11.2. The maximum Gasteiger partial charge on any atom is 0.262 e. The predicted octanol–water partition coefficient (Wildman–Crippen LogP) is 2.75. The summed E-state index contributed by atoms with van der Waals surface area (Å²) in [6.07, 6.45) is 0. The fourth-order valence-electron chi connectivity index (χ4n) is 1.84. The Hall–Kier alpha value is -1.57. The van der Waals surface area contributed by atoms with Crippen LogP contribution in [0.1, 0.15) is 5.56 Å². The van der Waals surface area contributed by atoms with Crippen LogP contribution in [0.5, 0.6) is 5.75 Å². The summed E-state index contributed by atoms with van der Waals surface area (Å²) >= 11 is 3.30. The highest BCUT2D eigenvalue weighted by molar-refractivity contribution is 9.10. The molecule has 5 nitrogen and oxygen atoms in total. The number of benzene rings is 2. The number of aliphatic hydroxyl groups excluding tert-OH is 1. The van der Waals surface area contributed by atoms with E-state index in [4.69, 9.17) is 4.74 Å². The molecular formula is C14H14BrNO4S. The molecule has 7 heteroatoms. The number of sulfonamides is 1. The number of hydrogen-bond acceptors (Lipinski definition) is 4. The number of ether oxygens (including phenoxy) is 1. The van der Waals surface area contributed by atoms with Crippen LogP contribution in [0.25, 0.3) is 0 Å². The smallest absolute Gasteiger partial charge is 0.262 e. The molecule has 0 saturated carbocycles. The summed E-state index contributed by atoms with van der Waals surface area (Å²) in [5.41, 5.74) is 0.744. The summed E-state index contributed by atoms with van der Waals surface area (Å²) in [6, 6.07) is 11.2. The molecule has 0 saturated heterocycles. The van der Waals surface area contributed by atoms with Gasteiger partial charge < -0.3 is 9.84 Å². The summed E-state index contributed by atoms with van der Waals surface area (Å²) in [5, 5.41) is 9.24. The standard InChI is InChI=1S/C14H14BrNO4S/c1-20-13-7-6-11(8-12(13)15)16-21(18,19)14-5-3-2-4-10(14)9-17/h2-8,16-17H,9H2,1H3. The minimum absolute atomic E-state index is 0.0550. The van der Waals surface area contributed by atoms with E-state index in [2.05, 4.69) is 20.7 Å². The Morgan fingerprint density at radius 1 is 1.24 bits per heavy atom. The Morgan fingerprint density at radius 2 is 1.95 bits per heavy atom. The van der Waals surface area contributed by atoms with E-state index in [1.807, 2.05) is 0 Å². The van der Waals surface area contributed by atoms with Crippen LogP contribution in [-0.2, 0) is 16.6 Å². The van der Waals surface area contributed by atoms with Gasteiger partial charge in [-0.05, 0) is 45.8 Å². The van der Waals surface area contributed by atoms with Gasteiger partial charge in [0.25, 0.3) is 10.0 Å². The first-order chi connectivity index (χ1) is 9.97. The van der Waals surface area contributed by atoms with E-state index in [-0.39, 0.29) is 11.5 Å². The number of anilines is 1. The largest absolute Gasteiger partial charge is 0.496 e. The second kappa shape index (κ2) is 6.46. The van der Waals surface area contributed by atoms with Gasteiger partial charge in [0.05, 0.1) is 28.8 Å². The van der Waals surface area contributed by atoms with Crippen LogP contribution in [0.4, 0.5) is 5.69 Å². The Labute approximate surface area is 131 Å². The van der Waals surface area contributed by atoms with Gasteiger partial charge in [-0.25, -0.2) is 8.42 Å². The molecule has 0 amide bonds. The van der Waals surface area contributed by atoms with Crippen molar-refractivity contribution in [2.45, 2.75) is 11.5 Å². The molecule has 0 spiro atoms. The van der Waals surface area contributed by atoms with Gasteiger partial charge in [-0.15, -0.1) is 0 Å². The van der Waals surface area contributed by atoms with E-state index in [1.165, 1.54) is 13.2 Å². The van der Waals surface area contributed by atoms with Crippen molar-refractivity contribution in [2.24, 2.45) is 0 Å². The van der Waals surface area contributed by atoms with E-state index >= 15 is 0 Å². The summed E-state index contributed by atoms with van der Waals surface area (Å²) in [6.45, 7) is -0.344. The number of methoxy groups -OCH3 is 1. The number of rotatable bonds is 5. The Bertz CT molecular complexity index is 746. The van der Waals surface area contributed by atoms with E-state index in [1.54, 1.807) is 36.4 Å². The molecule has 0 aliphatic heterocycles. The quantitative estimate of drug-likeness (QED) is 0.846. The maximum absolute atomic E-state index is 12.4. The van der Waals surface area contributed by atoms with Crippen molar-refractivity contribution in [3.63, 3.8) is 0 Å². The predicted molar refractivity (Wildman–Crippen MR) is 83.9 cm³/mol. The van der Waals surface area contributed by atoms with Crippen molar-refractivity contribution in [1.82, 2.24) is 0 Å². The van der Waals surface area contributed by atoms with Gasteiger partial charge in [0, 0.05) is 0 Å². The maximum atomic E-state index is 12.4. The molecule has 2 aromatic rings. The van der Waals surface area contributed by atoms with Crippen LogP contribution in [0.2, 0.25) is 0 Å². The Balaban J connectivity index is 2.35. The zero-order valence-electron chi connectivity index (χ0n) is 11.2. The lowest BCUT2D eigenvalue weighted by molar-refractivity contribution is 0.278. The SMILES string of the molecule is COc1ccc(NS(=O)(=O)c2ccccc2CO)cc1Br. The van der Waals surface area contributed by atoms with E-state index in [0.717, 1.165) is 0 Å². The highest BCUT2D eigenvalue weighted by atomic mass is 79.9. The van der Waals surface area contributed by atoms with Crippen molar-refractivity contribution in [1.29, 1.82) is 0 Å². The zero-order valence-corrected chi connectivity index (χ0v) is 13.6. The molecule has 112 valence electrons. The second-order valence-corrected chi connectivity index (χ2v) is 6.73. The molecule has 21 heavy (non-hydrogen) atoms. The molecule has 0 fully saturated rings. The lowest BCUT2D eigenvalue weighted by Crippen LogP contribution is -2.15. The van der Waals surface area contributed by atoms with Gasteiger partial charge in [0.1, 0.15) is 5.75 Å². The van der Waals surface area contributed by atoms with Crippen LogP contribution < -0.4 is 9.46 Å². The highest BCUT2D eigenvalue weighted by Crippen LogP contribution is 2.29. The molecule has 0 heterocycles. The fraction of sp³-hybridized carbons (Fsp3) is 0.143. The Morgan fingerprint density at radius 3 is 2.57 bits per heavy atom. The molecule has 2 rings (SSSR count). The van der Waals surface area contributed by atoms with Crippen molar-refractivity contribution in [3.05, 3.63) is 52.5 Å². The van der Waals surface area contributed by atoms with Crippen LogP contribution in [0, 0.1) is 0 Å². The van der Waals surface area contributed by atoms with Gasteiger partial charge in [0.15, 0.2) is 0 Å². The minimum atomic E-state index is -3.76. The van der Waals surface area contributed by atoms with E-state index < -0.39 is 10.0 Å². The lowest BCUT2D eigenvalue weighted by atomic mass is 10.2. The first-order valence-electron chi connectivity index (χ1n) is 6.03. The molecule has 0 aromatic heterocycles. The molecule has 0 radical (unpaired) electrons. The topological polar surface area (TPSA) is 75.6 Å². The lowest BCUT2D eigenvalue weighted by Gasteiger charge is -2.12. The van der Waals surface area contributed by atoms with Crippen LogP contribution >= 0.6 is 15.9 Å². The molecular weight excluding hydrogens is 358 g/mol. The number of nitrogens with one attached hydrogen (secondary N) is 1. The van der Waals surface area contributed by atoms with Crippen LogP contribution in [0.3, 0.4) is 0 Å². The molecule has 0 aliphatic carbocycles. The van der Waals surface area contributed by atoms with E-state index in [9.17, 15) is 13.5 Å². The first-order valence-corrected chi connectivity index (χ1v) is 8.30. The second-order valence-electron chi connectivity index (χ2n) is 4.22. The van der Waals surface area contributed by atoms with Gasteiger partial charge in [-0.3, -0.25) is 4.72 Å². The number of halogens is 1. The fourth-order valence-corrected chi connectivity index (χ4v) is 3.66. The molecule has 0 bridgehead atoms. The number of aliphatic hydroxyl groups is 1. The molecule has 0 unspecified atom stereocenters. The third-order valence-electron chi connectivity index (χ3n) is 2.84. The summed E-state index contributed by atoms with van der Waals surface area (Å²) in [5.74, 6) is 0.605. The van der Waals surface area contributed by atoms with Crippen molar-refractivity contribution in [2.75, 3.05) is 11.8 Å².